The molecule has 0 aromatic carbocycles. The summed E-state index contributed by atoms with van der Waals surface area (Å²) in [6.45, 7) is 13.1. The molecule has 218 valence electrons. The van der Waals surface area contributed by atoms with Crippen LogP contribution < -0.4 is 0 Å². The van der Waals surface area contributed by atoms with E-state index in [2.05, 4.69) is 13.2 Å². The molecule has 0 saturated carbocycles. The second-order valence-corrected chi connectivity index (χ2v) is 13.2. The Bertz CT molecular complexity index is 971. The van der Waals surface area contributed by atoms with Crippen LogP contribution in [0, 0.1) is 0 Å². The van der Waals surface area contributed by atoms with Gasteiger partial charge in [0.1, 0.15) is 26.3 Å². The first-order valence-corrected chi connectivity index (χ1v) is 14.9. The largest absolute Gasteiger partial charge is 0.748 e. The number of likely N-dealkylation sites (N-methyl/N-ethyl adjacent to an activating group) is 2. The fraction of sp³-hybridized carbons (Fsp3) is 0.739. The first-order valence-electron chi connectivity index (χ1n) is 11.7. The molecule has 0 bridgehead atoms. The molecule has 14 heteroatoms. The minimum atomic E-state index is -4.15. The number of hydrogen-bond acceptors (Lipinski definition) is 10. The van der Waals surface area contributed by atoms with Crippen molar-refractivity contribution in [2.75, 3.05) is 79.1 Å². The predicted molar refractivity (Wildman–Crippen MR) is 138 cm³/mol. The molecule has 0 aliphatic rings. The topological polar surface area (TPSA) is 167 Å². The van der Waals surface area contributed by atoms with Crippen LogP contribution in [-0.4, -0.2) is 126 Å². The van der Waals surface area contributed by atoms with Gasteiger partial charge in [0, 0.05) is 29.1 Å². The van der Waals surface area contributed by atoms with Gasteiger partial charge in [-0.3, -0.25) is 0 Å². The van der Waals surface area contributed by atoms with Crippen molar-refractivity contribution < 1.29 is 54.0 Å². The summed E-state index contributed by atoms with van der Waals surface area (Å²) in [7, 11) is -0.585. The van der Waals surface area contributed by atoms with Crippen LogP contribution in [-0.2, 0) is 39.3 Å². The third-order valence-electron chi connectivity index (χ3n) is 5.12. The number of nitrogens with zero attached hydrogens (tertiary/aromatic N) is 2. The highest BCUT2D eigenvalue weighted by atomic mass is 32.2. The Hall–Kier alpha value is -1.84. The van der Waals surface area contributed by atoms with Gasteiger partial charge in [-0.05, 0) is 26.7 Å². The van der Waals surface area contributed by atoms with Crippen molar-refractivity contribution in [3.8, 4) is 0 Å². The standard InChI is InChI=1S/C12H23NO5S.C11H21NO5S/c1-11(2)12(14)18-9-8-13(3,4)7-5-6-10-19(15,16)17;1-10(2)11(13)17-8-7-12(3,4)6-5-9-18(14,15)16/h1,5-10H2,2-4H3;1,5-9H2,2-4H3. The van der Waals surface area contributed by atoms with E-state index in [-0.39, 0.29) is 18.1 Å². The number of esters is 2. The third kappa shape index (κ3) is 25.6. The van der Waals surface area contributed by atoms with Gasteiger partial charge < -0.3 is 27.5 Å². The highest BCUT2D eigenvalue weighted by molar-refractivity contribution is 7.85. The van der Waals surface area contributed by atoms with E-state index in [0.29, 0.717) is 65.6 Å². The fourth-order valence-electron chi connectivity index (χ4n) is 2.73. The summed E-state index contributed by atoms with van der Waals surface area (Å²) in [5.41, 5.74) is 0.712. The molecule has 0 unspecified atom stereocenters. The van der Waals surface area contributed by atoms with Crippen molar-refractivity contribution in [1.29, 1.82) is 0 Å². The lowest BCUT2D eigenvalue weighted by Crippen LogP contribution is -2.43. The van der Waals surface area contributed by atoms with Crippen molar-refractivity contribution in [3.05, 3.63) is 24.3 Å². The number of ether oxygens (including phenoxy) is 2. The Morgan fingerprint density at radius 3 is 1.30 bits per heavy atom. The molecule has 0 rings (SSSR count). The molecule has 0 aliphatic carbocycles. The van der Waals surface area contributed by atoms with Crippen LogP contribution in [0.4, 0.5) is 0 Å². The maximum Gasteiger partial charge on any atom is 0.333 e. The predicted octanol–water partition coefficient (Wildman–Crippen LogP) is 0.625. The van der Waals surface area contributed by atoms with Crippen LogP contribution in [0.5, 0.6) is 0 Å². The number of quaternary nitrogens is 2. The Morgan fingerprint density at radius 2 is 0.973 bits per heavy atom. The van der Waals surface area contributed by atoms with E-state index in [1.807, 2.05) is 28.2 Å². The first-order chi connectivity index (χ1) is 16.6. The molecule has 0 N–H and O–H groups in total. The normalized spacial score (nSPS) is 12.2. The number of rotatable bonds is 17. The van der Waals surface area contributed by atoms with Crippen LogP contribution in [0.25, 0.3) is 0 Å². The lowest BCUT2D eigenvalue weighted by Gasteiger charge is -2.29. The van der Waals surface area contributed by atoms with E-state index < -0.39 is 32.2 Å². The van der Waals surface area contributed by atoms with Gasteiger partial charge in [-0.25, -0.2) is 26.4 Å². The van der Waals surface area contributed by atoms with Gasteiger partial charge in [0.15, 0.2) is 0 Å². The summed E-state index contributed by atoms with van der Waals surface area (Å²) in [5, 5.41) is 0. The van der Waals surface area contributed by atoms with E-state index in [4.69, 9.17) is 9.47 Å². The van der Waals surface area contributed by atoms with Crippen LogP contribution in [0.2, 0.25) is 0 Å². The van der Waals surface area contributed by atoms with Crippen molar-refractivity contribution in [1.82, 2.24) is 0 Å². The van der Waals surface area contributed by atoms with Crippen molar-refractivity contribution in [2.24, 2.45) is 0 Å². The van der Waals surface area contributed by atoms with Crippen LogP contribution in [0.3, 0.4) is 0 Å². The highest BCUT2D eigenvalue weighted by Gasteiger charge is 2.17. The van der Waals surface area contributed by atoms with Gasteiger partial charge in [0.05, 0.1) is 61.5 Å². The molecule has 0 radical (unpaired) electrons. The van der Waals surface area contributed by atoms with Gasteiger partial charge in [-0.2, -0.15) is 0 Å². The number of hydrogen-bond donors (Lipinski definition) is 0. The van der Waals surface area contributed by atoms with Crippen molar-refractivity contribution >= 4 is 32.2 Å². The lowest BCUT2D eigenvalue weighted by atomic mass is 10.3. The summed E-state index contributed by atoms with van der Waals surface area (Å²) in [6.07, 6.45) is 1.30. The molecule has 0 spiro atoms. The van der Waals surface area contributed by atoms with E-state index >= 15 is 0 Å². The SMILES string of the molecule is C=C(C)C(=O)OCC[N+](C)(C)CCCCS(=O)(=O)[O-].C=C(C)C(=O)OCC[N+](C)(C)CCCS(=O)(=O)[O-]. The molecule has 12 nitrogen and oxygen atoms in total. The molecular formula is C23H44N2O10S2. The average molecular weight is 573 g/mol. The molecule has 0 saturated heterocycles. The number of carbonyl (C=O) groups excluding carboxylic acids is 2. The molecule has 0 heterocycles. The van der Waals surface area contributed by atoms with Crippen LogP contribution >= 0.6 is 0 Å². The zero-order valence-corrected chi connectivity index (χ0v) is 24.6. The van der Waals surface area contributed by atoms with E-state index in [9.17, 15) is 35.5 Å². The quantitative estimate of drug-likeness (QED) is 0.0792. The van der Waals surface area contributed by atoms with Crippen molar-refractivity contribution in [2.45, 2.75) is 33.1 Å². The van der Waals surface area contributed by atoms with Gasteiger partial charge in [0.2, 0.25) is 0 Å². The molecule has 0 amide bonds. The van der Waals surface area contributed by atoms with E-state index in [1.54, 1.807) is 13.8 Å². The molecule has 0 aromatic rings. The van der Waals surface area contributed by atoms with E-state index in [0.717, 1.165) is 6.54 Å². The Balaban J connectivity index is 0. The lowest BCUT2D eigenvalue weighted by molar-refractivity contribution is -0.890. The molecular weight excluding hydrogens is 528 g/mol. The summed E-state index contributed by atoms with van der Waals surface area (Å²) in [5.74, 6) is -1.52. The Labute approximate surface area is 222 Å². The summed E-state index contributed by atoms with van der Waals surface area (Å²) in [4.78, 5) is 22.3. The smallest absolute Gasteiger partial charge is 0.333 e. The summed E-state index contributed by atoms with van der Waals surface area (Å²) >= 11 is 0. The summed E-state index contributed by atoms with van der Waals surface area (Å²) in [6, 6.07) is 0. The van der Waals surface area contributed by atoms with Crippen molar-refractivity contribution in [3.63, 3.8) is 0 Å². The van der Waals surface area contributed by atoms with Gasteiger partial charge in [-0.1, -0.05) is 13.2 Å². The zero-order valence-electron chi connectivity index (χ0n) is 23.0. The second-order valence-electron chi connectivity index (χ2n) is 10.2. The Kier molecular flexibility index (Phi) is 17.0. The zero-order chi connectivity index (χ0) is 29.5. The molecule has 37 heavy (non-hydrogen) atoms. The average Bonchev–Trinajstić information content (AvgIpc) is 2.69. The Morgan fingerprint density at radius 1 is 0.649 bits per heavy atom. The summed E-state index contributed by atoms with van der Waals surface area (Å²) < 4.78 is 73.7. The van der Waals surface area contributed by atoms with Crippen LogP contribution in [0.1, 0.15) is 33.1 Å². The molecule has 0 fully saturated rings. The van der Waals surface area contributed by atoms with Gasteiger partial charge in [0.25, 0.3) is 0 Å². The number of unbranched alkanes of at least 4 members (excludes halogenated alkanes) is 1. The maximum atomic E-state index is 11.2. The molecule has 0 atom stereocenters. The van der Waals surface area contributed by atoms with E-state index in [1.165, 1.54) is 0 Å². The number of carbonyl (C=O) groups is 2. The molecule has 0 aliphatic heterocycles. The van der Waals surface area contributed by atoms with Gasteiger partial charge >= 0.3 is 11.9 Å². The minimum Gasteiger partial charge on any atom is -0.748 e. The van der Waals surface area contributed by atoms with Gasteiger partial charge in [-0.15, -0.1) is 0 Å². The third-order valence-corrected chi connectivity index (χ3v) is 6.70. The van der Waals surface area contributed by atoms with Crippen LogP contribution in [0.15, 0.2) is 24.3 Å². The maximum absolute atomic E-state index is 11.2. The highest BCUT2D eigenvalue weighted by Crippen LogP contribution is 2.04. The first kappa shape index (κ1) is 37.3. The molecule has 0 aromatic heterocycles. The second kappa shape index (κ2) is 16.9. The monoisotopic (exact) mass is 572 g/mol. The minimum absolute atomic E-state index is 0.239. The fourth-order valence-corrected chi connectivity index (χ4v) is 3.77.